The maximum Gasteiger partial charge on any atom is 0.283 e. The molecule has 0 radical (unpaired) electrons. The van der Waals surface area contributed by atoms with Crippen LogP contribution in [-0.2, 0) is 15.1 Å². The van der Waals surface area contributed by atoms with E-state index in [9.17, 15) is 4.79 Å². The Balaban J connectivity index is 1.75. The normalized spacial score (nSPS) is 22.4. The predicted molar refractivity (Wildman–Crippen MR) is 99.4 cm³/mol. The summed E-state index contributed by atoms with van der Waals surface area (Å²) in [5.74, 6) is 0.540. The second-order valence-electron chi connectivity index (χ2n) is 7.02. The van der Waals surface area contributed by atoms with Gasteiger partial charge in [-0.15, -0.1) is 0 Å². The minimum absolute atomic E-state index is 0.0182. The van der Waals surface area contributed by atoms with Crippen molar-refractivity contribution in [1.29, 1.82) is 0 Å². The predicted octanol–water partition coefficient (Wildman–Crippen LogP) is 2.66. The highest BCUT2D eigenvalue weighted by Crippen LogP contribution is 2.53. The van der Waals surface area contributed by atoms with Gasteiger partial charge in [0, 0.05) is 35.8 Å². The van der Waals surface area contributed by atoms with Gasteiger partial charge in [-0.3, -0.25) is 4.79 Å². The molecule has 2 aromatic carbocycles. The molecule has 0 aliphatic carbocycles. The average molecular weight is 383 g/mol. The Hall–Kier alpha value is -3.29. The highest BCUT2D eigenvalue weighted by atomic mass is 19.1. The first-order valence-electron chi connectivity index (χ1n) is 9.01. The average Bonchev–Trinajstić information content (AvgIpc) is 3.29. The molecular weight excluding hydrogens is 365 g/mol. The molecule has 8 heteroatoms. The van der Waals surface area contributed by atoms with Crippen LogP contribution in [0.25, 0.3) is 0 Å². The number of fused-ring (bicyclic) bond motifs is 4. The number of anilines is 1. The summed E-state index contributed by atoms with van der Waals surface area (Å²) in [4.78, 5) is 18.3. The number of rotatable bonds is 2. The monoisotopic (exact) mass is 383 g/mol. The van der Waals surface area contributed by atoms with E-state index in [-0.39, 0.29) is 24.3 Å². The molecule has 0 bridgehead atoms. The Labute approximate surface area is 160 Å². The molecule has 5 rings (SSSR count). The first-order valence-corrected chi connectivity index (χ1v) is 9.01. The summed E-state index contributed by atoms with van der Waals surface area (Å²) in [6, 6.07) is 8.32. The van der Waals surface area contributed by atoms with Crippen LogP contribution >= 0.6 is 0 Å². The molecule has 3 aliphatic rings. The van der Waals surface area contributed by atoms with Gasteiger partial charge in [0.2, 0.25) is 5.91 Å². The topological polar surface area (TPSA) is 86.4 Å². The van der Waals surface area contributed by atoms with Crippen molar-refractivity contribution in [2.24, 2.45) is 10.7 Å². The number of hydrogen-bond donors (Lipinski definition) is 1. The molecule has 1 atom stereocenters. The number of amidine groups is 1. The van der Waals surface area contributed by atoms with E-state index in [0.29, 0.717) is 41.3 Å². The molecule has 1 fully saturated rings. The Morgan fingerprint density at radius 1 is 1.29 bits per heavy atom. The van der Waals surface area contributed by atoms with Crippen LogP contribution in [0, 0.1) is 5.82 Å². The van der Waals surface area contributed by atoms with Gasteiger partial charge in [-0.25, -0.2) is 9.38 Å². The molecule has 2 aromatic rings. The first-order chi connectivity index (χ1) is 13.5. The number of methoxy groups -OCH3 is 1. The zero-order valence-electron chi connectivity index (χ0n) is 15.2. The van der Waals surface area contributed by atoms with Crippen LogP contribution in [0.15, 0.2) is 35.3 Å². The van der Waals surface area contributed by atoms with E-state index in [1.54, 1.807) is 36.3 Å². The summed E-state index contributed by atoms with van der Waals surface area (Å²) in [5, 5.41) is 0. The molecule has 2 N–H and O–H groups in total. The van der Waals surface area contributed by atoms with Crippen molar-refractivity contribution >= 4 is 17.6 Å². The minimum atomic E-state index is -1.07. The second kappa shape index (κ2) is 5.85. The molecule has 7 nitrogen and oxygen atoms in total. The number of carbonyl (C=O) groups is 1. The molecule has 3 heterocycles. The fraction of sp³-hybridized carbons (Fsp3) is 0.300. The lowest BCUT2D eigenvalue weighted by atomic mass is 9.81. The van der Waals surface area contributed by atoms with Crippen molar-refractivity contribution in [3.63, 3.8) is 0 Å². The van der Waals surface area contributed by atoms with Crippen LogP contribution in [0.1, 0.15) is 24.0 Å². The number of ether oxygens (including phenoxy) is 3. The van der Waals surface area contributed by atoms with Gasteiger partial charge in [0.05, 0.1) is 7.11 Å². The quantitative estimate of drug-likeness (QED) is 0.862. The Kier molecular flexibility index (Phi) is 3.52. The molecule has 28 heavy (non-hydrogen) atoms. The van der Waals surface area contributed by atoms with E-state index in [1.165, 1.54) is 6.07 Å². The number of aliphatic imine (C=N–C) groups is 1. The summed E-state index contributed by atoms with van der Waals surface area (Å²) in [7, 11) is 1.56. The van der Waals surface area contributed by atoms with E-state index in [4.69, 9.17) is 19.9 Å². The van der Waals surface area contributed by atoms with E-state index in [2.05, 4.69) is 4.99 Å². The van der Waals surface area contributed by atoms with Crippen molar-refractivity contribution in [1.82, 2.24) is 0 Å². The van der Waals surface area contributed by atoms with Crippen molar-refractivity contribution in [3.8, 4) is 17.2 Å². The number of nitrogens with two attached hydrogens (primary N) is 1. The summed E-state index contributed by atoms with van der Waals surface area (Å²) in [6.45, 7) is 0.656. The maximum atomic E-state index is 15.1. The number of amides is 1. The van der Waals surface area contributed by atoms with Gasteiger partial charge >= 0.3 is 0 Å². The van der Waals surface area contributed by atoms with E-state index in [1.807, 2.05) is 0 Å². The van der Waals surface area contributed by atoms with Crippen molar-refractivity contribution in [3.05, 3.63) is 47.3 Å². The lowest BCUT2D eigenvalue weighted by molar-refractivity contribution is -0.117. The number of carbonyl (C=O) groups excluding carboxylic acids is 1. The SMILES string of the molecule is COc1ccc2c(c1)C1(COC(N)=N1)c1cc(N3CCCC3=O)cc(F)c1O2. The van der Waals surface area contributed by atoms with Crippen LogP contribution in [0.4, 0.5) is 10.1 Å². The molecular formula is C20H18FN3O4. The Bertz CT molecular complexity index is 1040. The number of benzene rings is 2. The van der Waals surface area contributed by atoms with Crippen LogP contribution < -0.4 is 20.1 Å². The van der Waals surface area contributed by atoms with E-state index >= 15 is 4.39 Å². The highest BCUT2D eigenvalue weighted by molar-refractivity contribution is 5.95. The molecule has 1 saturated heterocycles. The zero-order valence-corrected chi connectivity index (χ0v) is 15.2. The number of hydrogen-bond acceptors (Lipinski definition) is 6. The molecule has 0 saturated carbocycles. The zero-order chi connectivity index (χ0) is 19.5. The molecule has 1 spiro atoms. The Morgan fingerprint density at radius 2 is 2.14 bits per heavy atom. The van der Waals surface area contributed by atoms with Crippen LogP contribution in [0.5, 0.6) is 17.2 Å². The van der Waals surface area contributed by atoms with Crippen molar-refractivity contribution in [2.75, 3.05) is 25.2 Å². The minimum Gasteiger partial charge on any atom is -0.497 e. The smallest absolute Gasteiger partial charge is 0.283 e. The summed E-state index contributed by atoms with van der Waals surface area (Å²) >= 11 is 0. The van der Waals surface area contributed by atoms with Gasteiger partial charge in [0.15, 0.2) is 17.1 Å². The summed E-state index contributed by atoms with van der Waals surface area (Å²) < 4.78 is 31.8. The summed E-state index contributed by atoms with van der Waals surface area (Å²) in [6.07, 6.45) is 1.20. The standard InChI is InChI=1S/C20H18FN3O4/c1-26-12-4-5-16-13(9-12)20(10-27-19(22)23-20)14-7-11(8-15(21)18(14)28-16)24-6-2-3-17(24)25/h4-5,7-9H,2-3,6,10H2,1H3,(H2,22,23). The van der Waals surface area contributed by atoms with Crippen LogP contribution in [-0.4, -0.2) is 32.2 Å². The van der Waals surface area contributed by atoms with Crippen LogP contribution in [0.2, 0.25) is 0 Å². The third-order valence-electron chi connectivity index (χ3n) is 5.43. The van der Waals surface area contributed by atoms with Gasteiger partial charge < -0.3 is 24.8 Å². The Morgan fingerprint density at radius 3 is 2.82 bits per heavy atom. The number of halogens is 1. The fourth-order valence-electron chi connectivity index (χ4n) is 4.08. The molecule has 144 valence electrons. The van der Waals surface area contributed by atoms with Gasteiger partial charge in [-0.05, 0) is 30.7 Å². The summed E-state index contributed by atoms with van der Waals surface area (Å²) in [5.41, 5.74) is 6.40. The van der Waals surface area contributed by atoms with Gasteiger partial charge in [0.1, 0.15) is 18.1 Å². The number of nitrogens with zero attached hydrogens (tertiary/aromatic N) is 2. The van der Waals surface area contributed by atoms with Crippen molar-refractivity contribution < 1.29 is 23.4 Å². The molecule has 1 unspecified atom stereocenters. The lowest BCUT2D eigenvalue weighted by Gasteiger charge is -2.34. The molecule has 3 aliphatic heterocycles. The van der Waals surface area contributed by atoms with Crippen LogP contribution in [0.3, 0.4) is 0 Å². The van der Waals surface area contributed by atoms with E-state index < -0.39 is 11.4 Å². The van der Waals surface area contributed by atoms with E-state index in [0.717, 1.165) is 6.42 Å². The third kappa shape index (κ3) is 2.27. The first kappa shape index (κ1) is 16.9. The van der Waals surface area contributed by atoms with Gasteiger partial charge in [-0.1, -0.05) is 0 Å². The highest BCUT2D eigenvalue weighted by Gasteiger charge is 2.48. The third-order valence-corrected chi connectivity index (χ3v) is 5.43. The maximum absolute atomic E-state index is 15.1. The largest absolute Gasteiger partial charge is 0.497 e. The second-order valence-corrected chi connectivity index (χ2v) is 7.02. The van der Waals surface area contributed by atoms with Crippen molar-refractivity contribution in [2.45, 2.75) is 18.4 Å². The molecule has 1 amide bonds. The lowest BCUT2D eigenvalue weighted by Crippen LogP contribution is -2.32. The molecule has 0 aromatic heterocycles. The fourth-order valence-corrected chi connectivity index (χ4v) is 4.08. The van der Waals surface area contributed by atoms with Gasteiger partial charge in [-0.2, -0.15) is 0 Å². The van der Waals surface area contributed by atoms with Gasteiger partial charge in [0.25, 0.3) is 6.02 Å².